The molecule has 0 bridgehead atoms. The number of aliphatic imine (C=N–C) groups is 1. The monoisotopic (exact) mass is 521 g/mol. The van der Waals surface area contributed by atoms with Crippen molar-refractivity contribution in [2.24, 2.45) is 4.99 Å². The third kappa shape index (κ3) is 6.69. The number of halogens is 1. The molecule has 0 radical (unpaired) electrons. The summed E-state index contributed by atoms with van der Waals surface area (Å²) in [6.45, 7) is 13.8. The first-order valence-electron chi connectivity index (χ1n) is 12.9. The van der Waals surface area contributed by atoms with Gasteiger partial charge in [-0.15, -0.1) is 0 Å². The maximum absolute atomic E-state index is 13.1. The van der Waals surface area contributed by atoms with E-state index in [2.05, 4.69) is 24.1 Å². The number of aryl methyl sites for hydroxylation is 2. The van der Waals surface area contributed by atoms with Crippen molar-refractivity contribution in [3.63, 3.8) is 0 Å². The minimum atomic E-state index is -0.765. The van der Waals surface area contributed by atoms with E-state index in [1.807, 2.05) is 70.2 Å². The lowest BCUT2D eigenvalue weighted by molar-refractivity contribution is -0.128. The van der Waals surface area contributed by atoms with Crippen LogP contribution in [0, 0.1) is 13.8 Å². The van der Waals surface area contributed by atoms with Crippen molar-refractivity contribution in [2.45, 2.75) is 60.5 Å². The Labute approximate surface area is 225 Å². The zero-order valence-electron chi connectivity index (χ0n) is 22.5. The molecule has 2 aromatic carbocycles. The molecule has 0 spiro atoms. The lowest BCUT2D eigenvalue weighted by Crippen LogP contribution is -2.40. The van der Waals surface area contributed by atoms with E-state index in [1.54, 1.807) is 6.08 Å². The maximum atomic E-state index is 13.1. The van der Waals surface area contributed by atoms with Crippen LogP contribution in [0.5, 0.6) is 5.75 Å². The Morgan fingerprint density at radius 1 is 1.05 bits per heavy atom. The maximum Gasteiger partial charge on any atom is 0.265 e. The fourth-order valence-corrected chi connectivity index (χ4v) is 4.60. The van der Waals surface area contributed by atoms with Gasteiger partial charge in [0.2, 0.25) is 5.78 Å². The molecular weight excluding hydrogens is 486 g/mol. The topological polar surface area (TPSA) is 71.0 Å². The van der Waals surface area contributed by atoms with Crippen LogP contribution in [0.25, 0.3) is 0 Å². The van der Waals surface area contributed by atoms with Crippen LogP contribution in [0.2, 0.25) is 0 Å². The van der Waals surface area contributed by atoms with E-state index < -0.39 is 17.8 Å². The number of ether oxygens (including phenoxy) is 1. The average molecular weight is 522 g/mol. The SMILES string of the molecule is CCC1=C(Cl)C(=O)C(NC(=O)C(CC)Oc2ccc(C)cc2C)=CC1=Nc1ccc(N(CC)CC)cc1. The number of hydrogen-bond acceptors (Lipinski definition) is 5. The molecule has 1 amide bonds. The molecule has 0 aliphatic heterocycles. The second-order valence-corrected chi connectivity index (χ2v) is 9.37. The Kier molecular flexibility index (Phi) is 9.70. The Hall–Kier alpha value is -3.38. The highest BCUT2D eigenvalue weighted by Gasteiger charge is 2.29. The number of nitrogens with zero attached hydrogens (tertiary/aromatic N) is 2. The second kappa shape index (κ2) is 12.7. The van der Waals surface area contributed by atoms with Crippen LogP contribution in [0.15, 0.2) is 69.8 Å². The van der Waals surface area contributed by atoms with Crippen molar-refractivity contribution in [2.75, 3.05) is 18.0 Å². The first-order valence-corrected chi connectivity index (χ1v) is 13.2. The Morgan fingerprint density at radius 3 is 2.30 bits per heavy atom. The largest absolute Gasteiger partial charge is 0.480 e. The molecular formula is C30H36ClN3O3. The van der Waals surface area contributed by atoms with E-state index in [0.717, 1.165) is 35.6 Å². The smallest absolute Gasteiger partial charge is 0.265 e. The van der Waals surface area contributed by atoms with Gasteiger partial charge in [0.25, 0.3) is 5.91 Å². The molecule has 7 heteroatoms. The molecule has 37 heavy (non-hydrogen) atoms. The number of anilines is 1. The summed E-state index contributed by atoms with van der Waals surface area (Å²) < 4.78 is 6.00. The van der Waals surface area contributed by atoms with Gasteiger partial charge in [-0.2, -0.15) is 0 Å². The molecule has 1 unspecified atom stereocenters. The number of nitrogens with one attached hydrogen (secondary N) is 1. The first-order chi connectivity index (χ1) is 17.7. The molecule has 1 atom stereocenters. The molecule has 6 nitrogen and oxygen atoms in total. The summed E-state index contributed by atoms with van der Waals surface area (Å²) in [7, 11) is 0. The van der Waals surface area contributed by atoms with Gasteiger partial charge in [-0.3, -0.25) is 9.59 Å². The summed E-state index contributed by atoms with van der Waals surface area (Å²) >= 11 is 6.47. The van der Waals surface area contributed by atoms with E-state index in [-0.39, 0.29) is 10.7 Å². The van der Waals surface area contributed by atoms with Crippen molar-refractivity contribution < 1.29 is 14.3 Å². The third-order valence-electron chi connectivity index (χ3n) is 6.40. The van der Waals surface area contributed by atoms with Crippen LogP contribution in [0.4, 0.5) is 11.4 Å². The zero-order valence-corrected chi connectivity index (χ0v) is 23.3. The van der Waals surface area contributed by atoms with E-state index >= 15 is 0 Å². The van der Waals surface area contributed by atoms with Gasteiger partial charge in [0.1, 0.15) is 5.75 Å². The van der Waals surface area contributed by atoms with Gasteiger partial charge in [-0.05, 0) is 82.5 Å². The summed E-state index contributed by atoms with van der Waals surface area (Å²) in [6.07, 6.45) is 1.81. The lowest BCUT2D eigenvalue weighted by Gasteiger charge is -2.22. The van der Waals surface area contributed by atoms with E-state index in [4.69, 9.17) is 21.3 Å². The minimum Gasteiger partial charge on any atom is -0.480 e. The van der Waals surface area contributed by atoms with Crippen molar-refractivity contribution >= 4 is 40.4 Å². The van der Waals surface area contributed by atoms with Gasteiger partial charge in [0, 0.05) is 24.4 Å². The predicted molar refractivity (Wildman–Crippen MR) is 152 cm³/mol. The van der Waals surface area contributed by atoms with Crippen molar-refractivity contribution in [3.8, 4) is 5.75 Å². The summed E-state index contributed by atoms with van der Waals surface area (Å²) in [6, 6.07) is 13.7. The van der Waals surface area contributed by atoms with Crippen LogP contribution in [-0.4, -0.2) is 36.6 Å². The van der Waals surface area contributed by atoms with Gasteiger partial charge in [0.05, 0.1) is 22.1 Å². The molecule has 0 fully saturated rings. The lowest BCUT2D eigenvalue weighted by atomic mass is 9.97. The van der Waals surface area contributed by atoms with E-state index in [9.17, 15) is 9.59 Å². The van der Waals surface area contributed by atoms with Gasteiger partial charge in [-0.25, -0.2) is 4.99 Å². The standard InChI is InChI=1S/C30H36ClN3O3/c1-7-23-24(32-21-12-14-22(15-13-21)34(9-3)10-4)18-25(29(35)28(23)31)33-30(36)26(8-2)37-27-16-11-19(5)17-20(27)6/h11-18,26H,7-10H2,1-6H3,(H,33,36). The van der Waals surface area contributed by atoms with Crippen LogP contribution < -0.4 is 15.0 Å². The van der Waals surface area contributed by atoms with E-state index in [1.165, 1.54) is 0 Å². The van der Waals surface area contributed by atoms with Gasteiger partial charge in [0.15, 0.2) is 6.10 Å². The van der Waals surface area contributed by atoms with Gasteiger partial charge in [-0.1, -0.05) is 43.1 Å². The zero-order chi connectivity index (χ0) is 27.1. The number of benzene rings is 2. The quantitative estimate of drug-likeness (QED) is 0.359. The van der Waals surface area contributed by atoms with Gasteiger partial charge < -0.3 is 15.0 Å². The number of carbonyl (C=O) groups excluding carboxylic acids is 2. The molecule has 3 rings (SSSR count). The molecule has 0 saturated carbocycles. The molecule has 1 aliphatic rings. The average Bonchev–Trinajstić information content (AvgIpc) is 2.88. The second-order valence-electron chi connectivity index (χ2n) is 8.99. The molecule has 0 saturated heterocycles. The molecule has 0 aromatic heterocycles. The van der Waals surface area contributed by atoms with Gasteiger partial charge >= 0.3 is 0 Å². The number of ketones is 1. The Bertz CT molecular complexity index is 1240. The molecule has 1 N–H and O–H groups in total. The fourth-order valence-electron chi connectivity index (χ4n) is 4.27. The summed E-state index contributed by atoms with van der Waals surface area (Å²) in [5.41, 5.74) is 5.21. The third-order valence-corrected chi connectivity index (χ3v) is 6.80. The van der Waals surface area contributed by atoms with E-state index in [0.29, 0.717) is 29.9 Å². The highest BCUT2D eigenvalue weighted by atomic mass is 35.5. The van der Waals surface area contributed by atoms with Crippen LogP contribution >= 0.6 is 11.6 Å². The highest BCUT2D eigenvalue weighted by molar-refractivity contribution is 6.49. The van der Waals surface area contributed by atoms with Crippen LogP contribution in [0.3, 0.4) is 0 Å². The normalized spacial score (nSPS) is 15.5. The minimum absolute atomic E-state index is 0.0714. The molecule has 2 aromatic rings. The number of carbonyl (C=O) groups is 2. The number of rotatable bonds is 10. The van der Waals surface area contributed by atoms with Crippen molar-refractivity contribution in [3.05, 3.63) is 76.0 Å². The first kappa shape index (κ1) is 28.2. The number of hydrogen-bond donors (Lipinski definition) is 1. The van der Waals surface area contributed by atoms with Crippen molar-refractivity contribution in [1.82, 2.24) is 5.32 Å². The molecule has 0 heterocycles. The van der Waals surface area contributed by atoms with Crippen LogP contribution in [0.1, 0.15) is 51.7 Å². The predicted octanol–water partition coefficient (Wildman–Crippen LogP) is 6.57. The summed E-state index contributed by atoms with van der Waals surface area (Å²) in [4.78, 5) is 33.1. The summed E-state index contributed by atoms with van der Waals surface area (Å²) in [5, 5.41) is 2.81. The van der Waals surface area contributed by atoms with Crippen molar-refractivity contribution in [1.29, 1.82) is 0 Å². The Balaban J connectivity index is 1.86. The fraction of sp³-hybridized carbons (Fsp3) is 0.367. The molecule has 196 valence electrons. The van der Waals surface area contributed by atoms with Crippen LogP contribution in [-0.2, 0) is 9.59 Å². The molecule has 1 aliphatic carbocycles. The number of allylic oxidation sites excluding steroid dienone is 3. The highest BCUT2D eigenvalue weighted by Crippen LogP contribution is 2.28. The Morgan fingerprint density at radius 2 is 1.73 bits per heavy atom. The number of amides is 1. The number of Topliss-reactive ketones (excluding diaryl/α,β-unsaturated/α-hetero) is 1. The summed E-state index contributed by atoms with van der Waals surface area (Å²) in [5.74, 6) is -0.198.